The summed E-state index contributed by atoms with van der Waals surface area (Å²) in [4.78, 5) is 2.19. The second-order valence-corrected chi connectivity index (χ2v) is 5.61. The molecule has 1 aliphatic carbocycles. The average Bonchev–Trinajstić information content (AvgIpc) is 2.28. The van der Waals surface area contributed by atoms with Crippen molar-refractivity contribution >= 4 is 0 Å². The summed E-state index contributed by atoms with van der Waals surface area (Å²) in [6.07, 6.45) is 5.12. The first-order valence-corrected chi connectivity index (χ1v) is 6.91. The number of nitrogens with zero attached hydrogens (tertiary/aromatic N) is 1. The summed E-state index contributed by atoms with van der Waals surface area (Å²) in [6, 6.07) is 9.20. The van der Waals surface area contributed by atoms with Gasteiger partial charge >= 0.3 is 0 Å². The highest BCUT2D eigenvalue weighted by atomic mass is 15.2. The van der Waals surface area contributed by atoms with Crippen molar-refractivity contribution in [3.63, 3.8) is 0 Å². The molecule has 0 amide bonds. The van der Waals surface area contributed by atoms with E-state index in [0.29, 0.717) is 0 Å². The molecule has 3 heteroatoms. The van der Waals surface area contributed by atoms with Crippen LogP contribution in [0.3, 0.4) is 0 Å². The van der Waals surface area contributed by atoms with Gasteiger partial charge in [0.1, 0.15) is 0 Å². The average molecular weight is 247 g/mol. The number of nitrogens with two attached hydrogens (primary N) is 1. The van der Waals surface area contributed by atoms with Crippen molar-refractivity contribution in [1.29, 1.82) is 0 Å². The Hall–Kier alpha value is -0.900. The van der Waals surface area contributed by atoms with Gasteiger partial charge in [-0.1, -0.05) is 30.7 Å². The number of rotatable bonds is 6. The second kappa shape index (κ2) is 6.32. The lowest BCUT2D eigenvalue weighted by Gasteiger charge is -2.27. The van der Waals surface area contributed by atoms with E-state index in [1.807, 2.05) is 0 Å². The quantitative estimate of drug-likeness (QED) is 0.599. The zero-order chi connectivity index (χ0) is 13.0. The number of hydrogen-bond donors (Lipinski definition) is 2. The lowest BCUT2D eigenvalue weighted by molar-refractivity contribution is 0.362. The van der Waals surface area contributed by atoms with Gasteiger partial charge in [0.15, 0.2) is 0 Å². The largest absolute Gasteiger partial charge is 0.309 e. The molecule has 0 heterocycles. The molecule has 0 saturated heterocycles. The molecule has 0 aliphatic heterocycles. The minimum atomic E-state index is 0.257. The molecule has 1 aromatic rings. The van der Waals surface area contributed by atoms with Gasteiger partial charge in [-0.25, -0.2) is 0 Å². The van der Waals surface area contributed by atoms with Crippen LogP contribution in [0, 0.1) is 0 Å². The molecule has 2 rings (SSSR count). The van der Waals surface area contributed by atoms with Crippen LogP contribution in [0.25, 0.3) is 0 Å². The SMILES string of the molecule is CN(C)CCC(NN)c1cccc(C2CCC2)c1. The third kappa shape index (κ3) is 3.31. The number of nitrogens with one attached hydrogen (secondary N) is 1. The van der Waals surface area contributed by atoms with E-state index in [4.69, 9.17) is 5.84 Å². The first-order valence-electron chi connectivity index (χ1n) is 6.91. The molecule has 0 radical (unpaired) electrons. The topological polar surface area (TPSA) is 41.3 Å². The maximum atomic E-state index is 5.70. The summed E-state index contributed by atoms with van der Waals surface area (Å²) < 4.78 is 0. The minimum absolute atomic E-state index is 0.257. The zero-order valence-corrected chi connectivity index (χ0v) is 11.5. The Morgan fingerprint density at radius 1 is 1.39 bits per heavy atom. The lowest BCUT2D eigenvalue weighted by Crippen LogP contribution is -2.30. The summed E-state index contributed by atoms with van der Waals surface area (Å²) in [5, 5.41) is 0. The fourth-order valence-corrected chi connectivity index (χ4v) is 2.50. The normalized spacial score (nSPS) is 17.8. The van der Waals surface area contributed by atoms with E-state index >= 15 is 0 Å². The molecule has 18 heavy (non-hydrogen) atoms. The van der Waals surface area contributed by atoms with Crippen molar-refractivity contribution in [3.05, 3.63) is 35.4 Å². The van der Waals surface area contributed by atoms with E-state index in [2.05, 4.69) is 48.7 Å². The molecule has 1 fully saturated rings. The first-order chi connectivity index (χ1) is 8.70. The van der Waals surface area contributed by atoms with Gasteiger partial charge in [0.05, 0.1) is 0 Å². The summed E-state index contributed by atoms with van der Waals surface area (Å²) in [6.45, 7) is 1.04. The maximum absolute atomic E-state index is 5.70. The van der Waals surface area contributed by atoms with Crippen molar-refractivity contribution in [1.82, 2.24) is 10.3 Å². The first kappa shape index (κ1) is 13.5. The van der Waals surface area contributed by atoms with Crippen molar-refractivity contribution in [3.8, 4) is 0 Å². The fraction of sp³-hybridized carbons (Fsp3) is 0.600. The monoisotopic (exact) mass is 247 g/mol. The van der Waals surface area contributed by atoms with Gasteiger partial charge in [-0.2, -0.15) is 0 Å². The molecule has 1 atom stereocenters. The predicted octanol–water partition coefficient (Wildman–Crippen LogP) is 2.41. The van der Waals surface area contributed by atoms with Gasteiger partial charge in [-0.3, -0.25) is 11.3 Å². The Morgan fingerprint density at radius 2 is 2.17 bits per heavy atom. The highest BCUT2D eigenvalue weighted by molar-refractivity contribution is 5.29. The van der Waals surface area contributed by atoms with Crippen LogP contribution < -0.4 is 11.3 Å². The van der Waals surface area contributed by atoms with Gasteiger partial charge < -0.3 is 4.90 Å². The standard InChI is InChI=1S/C15H25N3/c1-18(2)10-9-15(17-16)14-8-4-7-13(11-14)12-5-3-6-12/h4,7-8,11-12,15,17H,3,5-6,9-10,16H2,1-2H3. The van der Waals surface area contributed by atoms with Crippen molar-refractivity contribution in [2.24, 2.45) is 5.84 Å². The molecule has 3 N–H and O–H groups in total. The predicted molar refractivity (Wildman–Crippen MR) is 76.3 cm³/mol. The molecule has 100 valence electrons. The van der Waals surface area contributed by atoms with Gasteiger partial charge in [0.25, 0.3) is 0 Å². The van der Waals surface area contributed by atoms with Crippen LogP contribution in [0.5, 0.6) is 0 Å². The van der Waals surface area contributed by atoms with E-state index in [9.17, 15) is 0 Å². The van der Waals surface area contributed by atoms with Crippen molar-refractivity contribution in [2.75, 3.05) is 20.6 Å². The van der Waals surface area contributed by atoms with Crippen LogP contribution in [0.15, 0.2) is 24.3 Å². The van der Waals surface area contributed by atoms with Crippen LogP contribution in [-0.4, -0.2) is 25.5 Å². The second-order valence-electron chi connectivity index (χ2n) is 5.61. The van der Waals surface area contributed by atoms with E-state index in [0.717, 1.165) is 18.9 Å². The zero-order valence-electron chi connectivity index (χ0n) is 11.5. The number of benzene rings is 1. The molecule has 0 aromatic heterocycles. The third-order valence-corrected chi connectivity index (χ3v) is 3.96. The van der Waals surface area contributed by atoms with Crippen LogP contribution in [-0.2, 0) is 0 Å². The van der Waals surface area contributed by atoms with E-state index in [1.165, 1.54) is 30.4 Å². The number of hydrazine groups is 1. The molecule has 1 unspecified atom stereocenters. The van der Waals surface area contributed by atoms with E-state index in [-0.39, 0.29) is 6.04 Å². The van der Waals surface area contributed by atoms with Gasteiger partial charge in [-0.15, -0.1) is 0 Å². The van der Waals surface area contributed by atoms with E-state index < -0.39 is 0 Å². The lowest BCUT2D eigenvalue weighted by atomic mass is 9.79. The summed E-state index contributed by atoms with van der Waals surface area (Å²) in [5.74, 6) is 6.48. The van der Waals surface area contributed by atoms with Gasteiger partial charge in [0, 0.05) is 6.04 Å². The van der Waals surface area contributed by atoms with Crippen molar-refractivity contribution < 1.29 is 0 Å². The summed E-state index contributed by atoms with van der Waals surface area (Å²) >= 11 is 0. The van der Waals surface area contributed by atoms with Crippen LogP contribution in [0.4, 0.5) is 0 Å². The molecule has 1 aromatic carbocycles. The molecular formula is C15H25N3. The molecule has 3 nitrogen and oxygen atoms in total. The third-order valence-electron chi connectivity index (χ3n) is 3.96. The fourth-order valence-electron chi connectivity index (χ4n) is 2.50. The highest BCUT2D eigenvalue weighted by Crippen LogP contribution is 2.37. The highest BCUT2D eigenvalue weighted by Gasteiger charge is 2.20. The minimum Gasteiger partial charge on any atom is -0.309 e. The Kier molecular flexibility index (Phi) is 4.75. The van der Waals surface area contributed by atoms with Crippen LogP contribution in [0.2, 0.25) is 0 Å². The summed E-state index contributed by atoms with van der Waals surface area (Å²) in [7, 11) is 4.19. The molecule has 1 saturated carbocycles. The Labute approximate surface area is 110 Å². The van der Waals surface area contributed by atoms with E-state index in [1.54, 1.807) is 0 Å². The van der Waals surface area contributed by atoms with Gasteiger partial charge in [0.2, 0.25) is 0 Å². The number of hydrogen-bond acceptors (Lipinski definition) is 3. The summed E-state index contributed by atoms with van der Waals surface area (Å²) in [5.41, 5.74) is 5.76. The molecule has 1 aliphatic rings. The molecular weight excluding hydrogens is 222 g/mol. The Morgan fingerprint density at radius 3 is 2.72 bits per heavy atom. The van der Waals surface area contributed by atoms with Gasteiger partial charge in [-0.05, 0) is 56.9 Å². The Bertz CT molecular complexity index is 372. The molecule has 0 spiro atoms. The van der Waals surface area contributed by atoms with Crippen LogP contribution >= 0.6 is 0 Å². The van der Waals surface area contributed by atoms with Crippen LogP contribution in [0.1, 0.15) is 48.8 Å². The maximum Gasteiger partial charge on any atom is 0.0472 e. The van der Waals surface area contributed by atoms with Crippen molar-refractivity contribution in [2.45, 2.75) is 37.6 Å². The Balaban J connectivity index is 2.04. The smallest absolute Gasteiger partial charge is 0.0472 e. The molecule has 0 bridgehead atoms.